The van der Waals surface area contributed by atoms with Crippen LogP contribution in [0, 0.1) is 0 Å². The molecule has 2 rings (SSSR count). The maximum Gasteiger partial charge on any atom is 0.122 e. The van der Waals surface area contributed by atoms with Crippen molar-refractivity contribution in [2.24, 2.45) is 0 Å². The minimum absolute atomic E-state index is 0.944. The molecule has 2 aromatic rings. The van der Waals surface area contributed by atoms with Crippen molar-refractivity contribution < 1.29 is 9.47 Å². The molecular weight excluding hydrogens is 396 g/mol. The molecule has 0 spiro atoms. The van der Waals surface area contributed by atoms with Gasteiger partial charge in [0.25, 0.3) is 0 Å². The second kappa shape index (κ2) is 7.85. The Morgan fingerprint density at radius 3 is 1.57 bits per heavy atom. The third-order valence-electron chi connectivity index (χ3n) is 3.38. The molecule has 112 valence electrons. The lowest BCUT2D eigenvalue weighted by molar-refractivity contribution is 0.406. The minimum atomic E-state index is 0.944. The van der Waals surface area contributed by atoms with Crippen molar-refractivity contribution >= 4 is 31.9 Å². The first kappa shape index (κ1) is 16.4. The molecule has 0 bridgehead atoms. The number of hydrogen-bond donors (Lipinski definition) is 0. The molecular formula is C17H18Br2O2. The molecule has 0 aliphatic rings. The molecule has 0 saturated carbocycles. The van der Waals surface area contributed by atoms with E-state index in [1.54, 1.807) is 14.2 Å². The van der Waals surface area contributed by atoms with E-state index in [0.29, 0.717) is 0 Å². The van der Waals surface area contributed by atoms with Crippen LogP contribution in [0.15, 0.2) is 45.3 Å². The van der Waals surface area contributed by atoms with E-state index in [0.717, 1.165) is 39.7 Å². The molecule has 0 radical (unpaired) electrons. The van der Waals surface area contributed by atoms with Crippen LogP contribution in [0.3, 0.4) is 0 Å². The summed E-state index contributed by atoms with van der Waals surface area (Å²) >= 11 is 7.03. The lowest BCUT2D eigenvalue weighted by Gasteiger charge is -2.11. The number of ether oxygens (including phenoxy) is 2. The molecule has 4 heteroatoms. The lowest BCUT2D eigenvalue weighted by atomic mass is 10.0. The fourth-order valence-electron chi connectivity index (χ4n) is 2.35. The summed E-state index contributed by atoms with van der Waals surface area (Å²) in [6.07, 6.45) is 2.98. The van der Waals surface area contributed by atoms with Gasteiger partial charge in [0.15, 0.2) is 0 Å². The van der Waals surface area contributed by atoms with Crippen LogP contribution in [0.2, 0.25) is 0 Å². The molecule has 0 aliphatic carbocycles. The average molecular weight is 414 g/mol. The summed E-state index contributed by atoms with van der Waals surface area (Å²) in [7, 11) is 3.42. The van der Waals surface area contributed by atoms with E-state index in [2.05, 4.69) is 44.0 Å². The van der Waals surface area contributed by atoms with Crippen LogP contribution in [0.4, 0.5) is 0 Å². The van der Waals surface area contributed by atoms with Gasteiger partial charge in [0.1, 0.15) is 11.5 Å². The van der Waals surface area contributed by atoms with Gasteiger partial charge in [-0.25, -0.2) is 0 Å². The fourth-order valence-corrected chi connectivity index (χ4v) is 3.17. The molecule has 2 nitrogen and oxygen atoms in total. The van der Waals surface area contributed by atoms with Crippen molar-refractivity contribution in [1.29, 1.82) is 0 Å². The molecule has 2 aromatic carbocycles. The smallest absolute Gasteiger partial charge is 0.122 e. The van der Waals surface area contributed by atoms with Crippen LogP contribution in [-0.4, -0.2) is 14.2 Å². The van der Waals surface area contributed by atoms with Gasteiger partial charge in [-0.3, -0.25) is 0 Å². The third kappa shape index (κ3) is 4.48. The quantitative estimate of drug-likeness (QED) is 0.630. The predicted octanol–water partition coefficient (Wildman–Crippen LogP) is 5.40. The van der Waals surface area contributed by atoms with Gasteiger partial charge in [-0.2, -0.15) is 0 Å². The molecule has 0 atom stereocenters. The Labute approximate surface area is 142 Å². The highest BCUT2D eigenvalue weighted by Gasteiger charge is 2.07. The van der Waals surface area contributed by atoms with Crippen molar-refractivity contribution in [3.05, 3.63) is 56.5 Å². The maximum atomic E-state index is 5.41. The van der Waals surface area contributed by atoms with Gasteiger partial charge < -0.3 is 9.47 Å². The molecule has 0 aromatic heterocycles. The van der Waals surface area contributed by atoms with Crippen LogP contribution in [0.25, 0.3) is 0 Å². The van der Waals surface area contributed by atoms with Gasteiger partial charge in [0.05, 0.1) is 14.2 Å². The van der Waals surface area contributed by atoms with Crippen molar-refractivity contribution in [2.75, 3.05) is 14.2 Å². The van der Waals surface area contributed by atoms with Crippen molar-refractivity contribution in [3.8, 4) is 11.5 Å². The van der Waals surface area contributed by atoms with E-state index in [1.165, 1.54) is 11.1 Å². The summed E-state index contributed by atoms with van der Waals surface area (Å²) in [5, 5.41) is 0. The van der Waals surface area contributed by atoms with Gasteiger partial charge >= 0.3 is 0 Å². The average Bonchev–Trinajstić information content (AvgIpc) is 2.48. The maximum absolute atomic E-state index is 5.41. The largest absolute Gasteiger partial charge is 0.496 e. The normalized spacial score (nSPS) is 10.5. The highest BCUT2D eigenvalue weighted by atomic mass is 79.9. The molecule has 0 heterocycles. The first-order valence-electron chi connectivity index (χ1n) is 6.79. The third-order valence-corrected chi connectivity index (χ3v) is 4.36. The number of rotatable bonds is 6. The zero-order valence-electron chi connectivity index (χ0n) is 12.2. The first-order valence-corrected chi connectivity index (χ1v) is 8.37. The molecule has 0 amide bonds. The second-order valence-corrected chi connectivity index (χ2v) is 6.60. The summed E-state index contributed by atoms with van der Waals surface area (Å²) in [6, 6.07) is 12.2. The summed E-state index contributed by atoms with van der Waals surface area (Å²) in [4.78, 5) is 0. The minimum Gasteiger partial charge on any atom is -0.496 e. The molecule has 0 saturated heterocycles. The zero-order valence-corrected chi connectivity index (χ0v) is 15.3. The van der Waals surface area contributed by atoms with Crippen LogP contribution in [0.5, 0.6) is 11.5 Å². The summed E-state index contributed by atoms with van der Waals surface area (Å²) in [5.41, 5.74) is 2.45. The monoisotopic (exact) mass is 412 g/mol. The second-order valence-electron chi connectivity index (χ2n) is 4.77. The van der Waals surface area contributed by atoms with Gasteiger partial charge in [0, 0.05) is 8.95 Å². The standard InChI is InChI=1S/C17H18Br2O2/c1-20-16-8-6-14(18)10-12(16)4-3-5-13-11-15(19)7-9-17(13)21-2/h6-11H,3-5H2,1-2H3. The van der Waals surface area contributed by atoms with E-state index >= 15 is 0 Å². The van der Waals surface area contributed by atoms with Crippen molar-refractivity contribution in [1.82, 2.24) is 0 Å². The van der Waals surface area contributed by atoms with Crippen molar-refractivity contribution in [3.63, 3.8) is 0 Å². The van der Waals surface area contributed by atoms with Crippen LogP contribution in [-0.2, 0) is 12.8 Å². The highest BCUT2D eigenvalue weighted by Crippen LogP contribution is 2.27. The summed E-state index contributed by atoms with van der Waals surface area (Å²) in [5.74, 6) is 1.89. The Bertz CT molecular complexity index is 558. The Balaban J connectivity index is 2.05. The zero-order chi connectivity index (χ0) is 15.2. The van der Waals surface area contributed by atoms with Gasteiger partial charge in [-0.1, -0.05) is 31.9 Å². The van der Waals surface area contributed by atoms with Crippen LogP contribution >= 0.6 is 31.9 Å². The number of hydrogen-bond acceptors (Lipinski definition) is 2. The number of aryl methyl sites for hydroxylation is 2. The van der Waals surface area contributed by atoms with E-state index in [4.69, 9.17) is 9.47 Å². The van der Waals surface area contributed by atoms with Crippen LogP contribution in [0.1, 0.15) is 17.5 Å². The Morgan fingerprint density at radius 1 is 0.762 bits per heavy atom. The topological polar surface area (TPSA) is 18.5 Å². The van der Waals surface area contributed by atoms with E-state index in [-0.39, 0.29) is 0 Å². The lowest BCUT2D eigenvalue weighted by Crippen LogP contribution is -1.96. The van der Waals surface area contributed by atoms with E-state index in [9.17, 15) is 0 Å². The first-order chi connectivity index (χ1) is 10.1. The van der Waals surface area contributed by atoms with Gasteiger partial charge in [-0.05, 0) is 66.8 Å². The molecule has 0 unspecified atom stereocenters. The van der Waals surface area contributed by atoms with Gasteiger partial charge in [0.2, 0.25) is 0 Å². The highest BCUT2D eigenvalue weighted by molar-refractivity contribution is 9.10. The molecule has 0 N–H and O–H groups in total. The predicted molar refractivity (Wildman–Crippen MR) is 93.4 cm³/mol. The summed E-state index contributed by atoms with van der Waals surface area (Å²) in [6.45, 7) is 0. The Morgan fingerprint density at radius 2 is 1.19 bits per heavy atom. The van der Waals surface area contributed by atoms with E-state index < -0.39 is 0 Å². The van der Waals surface area contributed by atoms with Crippen LogP contribution < -0.4 is 9.47 Å². The number of benzene rings is 2. The Kier molecular flexibility index (Phi) is 6.12. The Hall–Kier alpha value is -1.00. The molecule has 0 aliphatic heterocycles. The van der Waals surface area contributed by atoms with Crippen molar-refractivity contribution in [2.45, 2.75) is 19.3 Å². The number of halogens is 2. The summed E-state index contributed by atoms with van der Waals surface area (Å²) < 4.78 is 13.0. The fraction of sp³-hybridized carbons (Fsp3) is 0.294. The van der Waals surface area contributed by atoms with Gasteiger partial charge in [-0.15, -0.1) is 0 Å². The molecule has 21 heavy (non-hydrogen) atoms. The SMILES string of the molecule is COc1ccc(Br)cc1CCCc1cc(Br)ccc1OC. The van der Waals surface area contributed by atoms with E-state index in [1.807, 2.05) is 24.3 Å². The number of methoxy groups -OCH3 is 2. The molecule has 0 fully saturated rings.